The molecular formula is C46H57N5O9. The second-order valence-electron chi connectivity index (χ2n) is 18.3. The lowest BCUT2D eigenvalue weighted by molar-refractivity contribution is -0.228. The number of piperidine rings is 1. The third kappa shape index (κ3) is 5.13. The number of ether oxygens (including phenoxy) is 4. The molecule has 9 rings (SSSR count). The molecule has 3 fully saturated rings. The minimum atomic E-state index is -2.31. The van der Waals surface area contributed by atoms with Crippen molar-refractivity contribution in [2.45, 2.75) is 99.5 Å². The van der Waals surface area contributed by atoms with Gasteiger partial charge >= 0.3 is 17.9 Å². The SMILES string of the molecule is CC[C@@]1(N=O)C[C@@H]2CN(CCc3c([nH]c4ccccc34)[C@@](C(=O)OC)(c3cc4c(cc3OC)N(C)[C@H]3[C@@](O)(C(=O)OC)[C@H](OC(C)=O)[C@]5(CC)C=CCN6CC[C@]43[C@@H]65)C2)C1. The van der Waals surface area contributed by atoms with Crippen LogP contribution in [0.25, 0.3) is 10.9 Å². The molecule has 1 aromatic heterocycles. The van der Waals surface area contributed by atoms with Crippen molar-refractivity contribution in [1.82, 2.24) is 14.8 Å². The third-order valence-corrected chi connectivity index (χ3v) is 15.8. The van der Waals surface area contributed by atoms with E-state index in [1.54, 1.807) is 7.11 Å². The minimum absolute atomic E-state index is 0.138. The maximum absolute atomic E-state index is 15.4. The number of hydrogen-bond acceptors (Lipinski definition) is 13. The summed E-state index contributed by atoms with van der Waals surface area (Å²) in [7, 11) is 6.11. The Hall–Kier alpha value is -4.79. The van der Waals surface area contributed by atoms with E-state index in [0.29, 0.717) is 82.6 Å². The van der Waals surface area contributed by atoms with E-state index >= 15 is 4.79 Å². The Morgan fingerprint density at radius 1 is 0.983 bits per heavy atom. The first-order valence-electron chi connectivity index (χ1n) is 21.4. The zero-order valence-corrected chi connectivity index (χ0v) is 35.7. The van der Waals surface area contributed by atoms with E-state index in [9.17, 15) is 19.6 Å². The van der Waals surface area contributed by atoms with Crippen LogP contribution in [0.3, 0.4) is 0 Å². The van der Waals surface area contributed by atoms with Gasteiger partial charge in [-0.05, 0) is 74.2 Å². The van der Waals surface area contributed by atoms with Crippen LogP contribution in [0.15, 0.2) is 53.7 Å². The minimum Gasteiger partial charge on any atom is -0.496 e. The predicted octanol–water partition coefficient (Wildman–Crippen LogP) is 4.77. The topological polar surface area (TPSA) is 163 Å². The van der Waals surface area contributed by atoms with Crippen molar-refractivity contribution in [3.63, 3.8) is 0 Å². The molecule has 320 valence electrons. The highest BCUT2D eigenvalue weighted by Gasteiger charge is 2.80. The van der Waals surface area contributed by atoms with Crippen LogP contribution in [0.5, 0.6) is 5.75 Å². The Morgan fingerprint density at radius 2 is 1.75 bits per heavy atom. The van der Waals surface area contributed by atoms with Crippen molar-refractivity contribution in [2.75, 3.05) is 66.0 Å². The van der Waals surface area contributed by atoms with E-state index in [-0.39, 0.29) is 12.0 Å². The molecule has 0 radical (unpaired) electrons. The fraction of sp³-hybridized carbons (Fsp3) is 0.587. The molecule has 3 aromatic rings. The number of aliphatic hydroxyl groups is 1. The molecule has 14 heteroatoms. The molecule has 0 amide bonds. The highest BCUT2D eigenvalue weighted by molar-refractivity contribution is 5.95. The maximum atomic E-state index is 15.4. The summed E-state index contributed by atoms with van der Waals surface area (Å²) in [6.45, 7) is 8.50. The molecular weight excluding hydrogens is 767 g/mol. The summed E-state index contributed by atoms with van der Waals surface area (Å²) in [5.41, 5.74) is -1.70. The van der Waals surface area contributed by atoms with Crippen LogP contribution in [0, 0.1) is 16.2 Å². The lowest BCUT2D eigenvalue weighted by Gasteiger charge is -2.63. The summed E-state index contributed by atoms with van der Waals surface area (Å²) in [5.74, 6) is -1.66. The number of nitroso groups, excluding NO2 is 1. The number of benzene rings is 2. The van der Waals surface area contributed by atoms with Crippen LogP contribution in [-0.2, 0) is 45.8 Å². The monoisotopic (exact) mass is 823 g/mol. The van der Waals surface area contributed by atoms with Crippen LogP contribution in [0.1, 0.15) is 75.3 Å². The number of para-hydroxylation sites is 1. The second-order valence-corrected chi connectivity index (χ2v) is 18.3. The second kappa shape index (κ2) is 14.1. The first-order valence-corrected chi connectivity index (χ1v) is 21.4. The lowest BCUT2D eigenvalue weighted by atomic mass is 9.47. The summed E-state index contributed by atoms with van der Waals surface area (Å²) in [6, 6.07) is 10.9. The standard InChI is InChI=1S/C46H57N5O9/c1-8-42(48-56)23-28-24-45(40(53)58-6,36-30(15-19-50(25-28)26-42)29-13-10-11-14-33(29)47-36)32-21-31-34(22-35(32)57-5)49(4)38-44(31)17-20-51-18-12-16-43(9-2,37(44)51)39(60-27(3)52)46(38,55)41(54)59-7/h10-14,16,21-22,28,37-39,47,55H,8-9,15,17-20,23-26H2,1-7H3/t28-,37-,38+,39+,42+,43+,44+,45-,46-/m0/s1. The van der Waals surface area contributed by atoms with Crippen molar-refractivity contribution in [3.05, 3.63) is 75.8 Å². The van der Waals surface area contributed by atoms with Crippen LogP contribution >= 0.6 is 0 Å². The number of H-pyrrole nitrogens is 1. The summed E-state index contributed by atoms with van der Waals surface area (Å²) >= 11 is 0. The van der Waals surface area contributed by atoms with E-state index in [1.165, 1.54) is 21.1 Å². The van der Waals surface area contributed by atoms with Gasteiger partial charge in [-0.15, -0.1) is 0 Å². The van der Waals surface area contributed by atoms with Gasteiger partial charge in [0.15, 0.2) is 6.10 Å². The number of nitrogens with zero attached hydrogens (tertiary/aromatic N) is 4. The molecule has 2 aromatic carbocycles. The molecule has 14 nitrogen and oxygen atoms in total. The fourth-order valence-corrected chi connectivity index (χ4v) is 13.6. The van der Waals surface area contributed by atoms with E-state index in [2.05, 4.69) is 32.1 Å². The quantitative estimate of drug-likeness (QED) is 0.139. The van der Waals surface area contributed by atoms with E-state index in [1.807, 2.05) is 62.2 Å². The number of methoxy groups -OCH3 is 3. The van der Waals surface area contributed by atoms with Gasteiger partial charge in [-0.25, -0.2) is 4.79 Å². The van der Waals surface area contributed by atoms with Crippen molar-refractivity contribution >= 4 is 34.5 Å². The number of anilines is 1. The molecule has 6 aliphatic rings. The van der Waals surface area contributed by atoms with Gasteiger partial charge in [0.05, 0.1) is 27.4 Å². The molecule has 60 heavy (non-hydrogen) atoms. The van der Waals surface area contributed by atoms with Crippen LogP contribution in [-0.4, -0.2) is 128 Å². The van der Waals surface area contributed by atoms with Gasteiger partial charge in [0.1, 0.15) is 16.7 Å². The molecule has 1 unspecified atom stereocenters. The summed E-state index contributed by atoms with van der Waals surface area (Å²) in [4.78, 5) is 65.9. The molecule has 1 saturated carbocycles. The van der Waals surface area contributed by atoms with E-state index in [4.69, 9.17) is 18.9 Å². The number of aromatic amines is 1. The normalized spacial score (nSPS) is 36.5. The van der Waals surface area contributed by atoms with Crippen LogP contribution < -0.4 is 9.64 Å². The van der Waals surface area contributed by atoms with Gasteiger partial charge < -0.3 is 38.8 Å². The number of fused-ring (bicyclic) bond motifs is 6. The third-order valence-electron chi connectivity index (χ3n) is 15.8. The van der Waals surface area contributed by atoms with Gasteiger partial charge in [0.25, 0.3) is 0 Å². The molecule has 6 heterocycles. The number of esters is 3. The Morgan fingerprint density at radius 3 is 2.43 bits per heavy atom. The summed E-state index contributed by atoms with van der Waals surface area (Å²) in [6.07, 6.45) is 5.81. The zero-order chi connectivity index (χ0) is 42.6. The molecule has 1 spiro atoms. The van der Waals surface area contributed by atoms with Gasteiger partial charge in [-0.2, -0.15) is 4.91 Å². The Bertz CT molecular complexity index is 2310. The largest absolute Gasteiger partial charge is 0.496 e. The van der Waals surface area contributed by atoms with Gasteiger partial charge in [-0.3, -0.25) is 14.5 Å². The highest BCUT2D eigenvalue weighted by Crippen LogP contribution is 2.68. The Labute approximate surface area is 350 Å². The number of carbonyl (C=O) groups is 3. The average molecular weight is 824 g/mol. The predicted molar refractivity (Wildman–Crippen MR) is 224 cm³/mol. The maximum Gasteiger partial charge on any atom is 0.344 e. The van der Waals surface area contributed by atoms with E-state index in [0.717, 1.165) is 33.4 Å². The van der Waals surface area contributed by atoms with Crippen molar-refractivity contribution in [3.8, 4) is 5.75 Å². The molecule has 5 aliphatic heterocycles. The number of hydrogen-bond donors (Lipinski definition) is 2. The number of rotatable bonds is 8. The van der Waals surface area contributed by atoms with Crippen molar-refractivity contribution < 1.29 is 38.4 Å². The zero-order valence-electron chi connectivity index (χ0n) is 35.7. The number of aromatic nitrogens is 1. The molecule has 1 aliphatic carbocycles. The van der Waals surface area contributed by atoms with Crippen molar-refractivity contribution in [2.24, 2.45) is 16.5 Å². The van der Waals surface area contributed by atoms with Gasteiger partial charge in [0, 0.05) is 90.9 Å². The highest BCUT2D eigenvalue weighted by atomic mass is 16.6. The fourth-order valence-electron chi connectivity index (χ4n) is 13.6. The van der Waals surface area contributed by atoms with Crippen LogP contribution in [0.2, 0.25) is 0 Å². The van der Waals surface area contributed by atoms with E-state index < -0.39 is 57.4 Å². The molecule has 2 saturated heterocycles. The van der Waals surface area contributed by atoms with Gasteiger partial charge in [0.2, 0.25) is 5.60 Å². The number of nitrogens with one attached hydrogen (secondary N) is 1. The lowest BCUT2D eigenvalue weighted by Crippen LogP contribution is -2.81. The average Bonchev–Trinajstić information content (AvgIpc) is 3.92. The van der Waals surface area contributed by atoms with Crippen LogP contribution in [0.4, 0.5) is 5.69 Å². The number of carbonyl (C=O) groups excluding carboxylic acids is 3. The molecule has 2 bridgehead atoms. The molecule has 2 N–H and O–H groups in total. The number of likely N-dealkylation sites (N-methyl/N-ethyl adjacent to an activating group) is 1. The first kappa shape index (κ1) is 40.6. The summed E-state index contributed by atoms with van der Waals surface area (Å²) in [5, 5.41) is 18.1. The molecule has 10 atom stereocenters. The smallest absolute Gasteiger partial charge is 0.344 e. The van der Waals surface area contributed by atoms with Gasteiger partial charge in [-0.1, -0.05) is 49.4 Å². The summed E-state index contributed by atoms with van der Waals surface area (Å²) < 4.78 is 23.9. The Kier molecular flexibility index (Phi) is 9.57. The first-order chi connectivity index (χ1) is 28.8. The van der Waals surface area contributed by atoms with Crippen molar-refractivity contribution in [1.29, 1.82) is 0 Å². The Balaban J connectivity index is 1.36.